The Labute approximate surface area is 121 Å². The number of nitrogens with zero attached hydrogens (tertiary/aromatic N) is 4. The Morgan fingerprint density at radius 2 is 2.10 bits per heavy atom. The van der Waals surface area contributed by atoms with Gasteiger partial charge in [0, 0.05) is 23.2 Å². The van der Waals surface area contributed by atoms with Crippen molar-refractivity contribution in [3.8, 4) is 6.07 Å². The molecule has 2 aromatic rings. The minimum Gasteiger partial charge on any atom is -0.324 e. The van der Waals surface area contributed by atoms with Crippen LogP contribution in [0.5, 0.6) is 0 Å². The van der Waals surface area contributed by atoms with Crippen LogP contribution in [0.4, 0.5) is 15.9 Å². The minimum atomic E-state index is -0.128. The summed E-state index contributed by atoms with van der Waals surface area (Å²) >= 11 is 0. The molecular weight excluding hydrogens is 267 g/mol. The van der Waals surface area contributed by atoms with E-state index >= 15 is 0 Å². The first-order chi connectivity index (χ1) is 10.2. The molecule has 4 nitrogen and oxygen atoms in total. The van der Waals surface area contributed by atoms with E-state index in [1.54, 1.807) is 12.3 Å². The monoisotopic (exact) mass is 280 g/mol. The molecule has 0 bridgehead atoms. The van der Waals surface area contributed by atoms with Gasteiger partial charge in [0.05, 0.1) is 12.4 Å². The van der Waals surface area contributed by atoms with E-state index in [4.69, 9.17) is 5.26 Å². The lowest BCUT2D eigenvalue weighted by Gasteiger charge is -2.39. The van der Waals surface area contributed by atoms with Crippen LogP contribution in [-0.4, -0.2) is 16.5 Å². The fourth-order valence-corrected chi connectivity index (χ4v) is 3.46. The quantitative estimate of drug-likeness (QED) is 0.805. The van der Waals surface area contributed by atoms with Crippen LogP contribution in [0.15, 0.2) is 30.6 Å². The zero-order chi connectivity index (χ0) is 14.4. The number of benzene rings is 1. The molecule has 0 atom stereocenters. The molecule has 1 aromatic heterocycles. The van der Waals surface area contributed by atoms with E-state index in [-0.39, 0.29) is 16.9 Å². The maximum atomic E-state index is 14.3. The van der Waals surface area contributed by atoms with Gasteiger partial charge in [0.1, 0.15) is 11.9 Å². The molecule has 4 rings (SSSR count). The Morgan fingerprint density at radius 3 is 2.71 bits per heavy atom. The summed E-state index contributed by atoms with van der Waals surface area (Å²) in [6, 6.07) is 7.16. The van der Waals surface area contributed by atoms with Crippen molar-refractivity contribution in [2.75, 3.05) is 11.4 Å². The van der Waals surface area contributed by atoms with Crippen molar-refractivity contribution in [1.82, 2.24) is 9.97 Å². The van der Waals surface area contributed by atoms with Crippen molar-refractivity contribution in [3.05, 3.63) is 47.7 Å². The molecule has 1 aliphatic heterocycles. The summed E-state index contributed by atoms with van der Waals surface area (Å²) in [5, 5.41) is 8.80. The molecule has 1 fully saturated rings. The third-order valence-corrected chi connectivity index (χ3v) is 4.61. The van der Waals surface area contributed by atoms with Crippen LogP contribution in [0.1, 0.15) is 30.5 Å². The second-order valence-electron chi connectivity index (χ2n) is 5.73. The SMILES string of the molecule is N#Cc1cnc(N2CC3(CCC3)c3c(F)cccc32)cn1. The smallest absolute Gasteiger partial charge is 0.158 e. The van der Waals surface area contributed by atoms with Crippen LogP contribution in [0.25, 0.3) is 0 Å². The largest absolute Gasteiger partial charge is 0.324 e. The van der Waals surface area contributed by atoms with Gasteiger partial charge in [-0.2, -0.15) is 5.26 Å². The highest BCUT2D eigenvalue weighted by molar-refractivity contribution is 5.71. The Bertz CT molecular complexity index is 744. The predicted molar refractivity (Wildman–Crippen MR) is 75.7 cm³/mol. The molecule has 1 aromatic carbocycles. The lowest BCUT2D eigenvalue weighted by atomic mass is 9.65. The van der Waals surface area contributed by atoms with Crippen molar-refractivity contribution < 1.29 is 4.39 Å². The van der Waals surface area contributed by atoms with E-state index < -0.39 is 0 Å². The summed E-state index contributed by atoms with van der Waals surface area (Å²) in [4.78, 5) is 10.4. The Kier molecular flexibility index (Phi) is 2.49. The van der Waals surface area contributed by atoms with Crippen LogP contribution in [0.2, 0.25) is 0 Å². The third-order valence-electron chi connectivity index (χ3n) is 4.61. The van der Waals surface area contributed by atoms with Gasteiger partial charge in [-0.15, -0.1) is 0 Å². The normalized spacial score (nSPS) is 18.2. The first-order valence-corrected chi connectivity index (χ1v) is 7.02. The molecule has 104 valence electrons. The maximum absolute atomic E-state index is 14.3. The lowest BCUT2D eigenvalue weighted by molar-refractivity contribution is 0.259. The molecule has 0 radical (unpaired) electrons. The number of hydrogen-bond donors (Lipinski definition) is 0. The molecule has 0 amide bonds. The number of rotatable bonds is 1. The van der Waals surface area contributed by atoms with Gasteiger partial charge < -0.3 is 4.90 Å². The third kappa shape index (κ3) is 1.65. The van der Waals surface area contributed by atoms with Gasteiger partial charge in [-0.05, 0) is 25.0 Å². The number of hydrogen-bond acceptors (Lipinski definition) is 4. The molecule has 21 heavy (non-hydrogen) atoms. The molecule has 1 spiro atoms. The highest BCUT2D eigenvalue weighted by Gasteiger charge is 2.49. The topological polar surface area (TPSA) is 52.8 Å². The number of aromatic nitrogens is 2. The van der Waals surface area contributed by atoms with Gasteiger partial charge in [0.25, 0.3) is 0 Å². The molecule has 2 heterocycles. The summed E-state index contributed by atoms with van der Waals surface area (Å²) in [5.74, 6) is 0.543. The molecule has 5 heteroatoms. The zero-order valence-electron chi connectivity index (χ0n) is 11.4. The molecule has 2 aliphatic rings. The van der Waals surface area contributed by atoms with Crippen LogP contribution in [0.3, 0.4) is 0 Å². The van der Waals surface area contributed by atoms with Gasteiger partial charge in [0.15, 0.2) is 11.5 Å². The molecule has 0 unspecified atom stereocenters. The highest BCUT2D eigenvalue weighted by Crippen LogP contribution is 2.54. The number of halogens is 1. The summed E-state index contributed by atoms with van der Waals surface area (Å²) < 4.78 is 14.3. The van der Waals surface area contributed by atoms with E-state index in [1.807, 2.05) is 17.0 Å². The maximum Gasteiger partial charge on any atom is 0.158 e. The van der Waals surface area contributed by atoms with Crippen LogP contribution in [0, 0.1) is 17.1 Å². The Balaban J connectivity index is 1.82. The fraction of sp³-hybridized carbons (Fsp3) is 0.312. The second-order valence-corrected chi connectivity index (χ2v) is 5.73. The van der Waals surface area contributed by atoms with E-state index in [0.29, 0.717) is 5.82 Å². The van der Waals surface area contributed by atoms with Crippen LogP contribution in [-0.2, 0) is 5.41 Å². The average molecular weight is 280 g/mol. The number of anilines is 2. The Hall–Kier alpha value is -2.48. The summed E-state index contributed by atoms with van der Waals surface area (Å²) in [6.45, 7) is 0.740. The molecule has 0 saturated heterocycles. The first-order valence-electron chi connectivity index (χ1n) is 7.02. The minimum absolute atomic E-state index is 0.0732. The standard InChI is InChI=1S/C16H13FN4/c17-12-3-1-4-13-15(12)16(5-2-6-16)10-21(13)14-9-19-11(7-18)8-20-14/h1,3-4,8-9H,2,5-6,10H2. The molecule has 0 N–H and O–H groups in total. The van der Waals surface area contributed by atoms with Crippen molar-refractivity contribution in [2.24, 2.45) is 0 Å². The molecule has 1 aliphatic carbocycles. The van der Waals surface area contributed by atoms with E-state index in [2.05, 4.69) is 9.97 Å². The van der Waals surface area contributed by atoms with E-state index in [0.717, 1.165) is 37.1 Å². The zero-order valence-corrected chi connectivity index (χ0v) is 11.4. The van der Waals surface area contributed by atoms with Crippen molar-refractivity contribution in [1.29, 1.82) is 5.26 Å². The van der Waals surface area contributed by atoms with Crippen LogP contribution < -0.4 is 4.90 Å². The van der Waals surface area contributed by atoms with Crippen molar-refractivity contribution in [2.45, 2.75) is 24.7 Å². The summed E-state index contributed by atoms with van der Waals surface area (Å²) in [5.41, 5.74) is 1.92. The van der Waals surface area contributed by atoms with E-state index in [1.165, 1.54) is 12.3 Å². The fourth-order valence-electron chi connectivity index (χ4n) is 3.46. The molecule has 1 saturated carbocycles. The lowest BCUT2D eigenvalue weighted by Crippen LogP contribution is -2.38. The van der Waals surface area contributed by atoms with Gasteiger partial charge >= 0.3 is 0 Å². The second kappa shape index (κ2) is 4.26. The van der Waals surface area contributed by atoms with Crippen molar-refractivity contribution in [3.63, 3.8) is 0 Å². The average Bonchev–Trinajstić information content (AvgIpc) is 2.84. The van der Waals surface area contributed by atoms with E-state index in [9.17, 15) is 4.39 Å². The van der Waals surface area contributed by atoms with Gasteiger partial charge in [0.2, 0.25) is 0 Å². The summed E-state index contributed by atoms with van der Waals surface area (Å²) in [6.07, 6.45) is 6.22. The van der Waals surface area contributed by atoms with Crippen molar-refractivity contribution >= 4 is 11.5 Å². The number of nitriles is 1. The Morgan fingerprint density at radius 1 is 1.24 bits per heavy atom. The highest BCUT2D eigenvalue weighted by atomic mass is 19.1. The first kappa shape index (κ1) is 12.3. The summed E-state index contributed by atoms with van der Waals surface area (Å²) in [7, 11) is 0. The number of fused-ring (bicyclic) bond motifs is 2. The van der Waals surface area contributed by atoms with Gasteiger partial charge in [-0.3, -0.25) is 0 Å². The van der Waals surface area contributed by atoms with Gasteiger partial charge in [-0.1, -0.05) is 12.5 Å². The van der Waals surface area contributed by atoms with Crippen LogP contribution >= 0.6 is 0 Å². The molecular formula is C16H13FN4. The predicted octanol–water partition coefficient (Wildman–Crippen LogP) is 3.06. The van der Waals surface area contributed by atoms with Gasteiger partial charge in [-0.25, -0.2) is 14.4 Å².